The summed E-state index contributed by atoms with van der Waals surface area (Å²) in [5, 5.41) is 21.9. The normalized spacial score (nSPS) is 13.5. The van der Waals surface area contributed by atoms with Crippen molar-refractivity contribution in [3.63, 3.8) is 0 Å². The number of hydrogen-bond donors (Lipinski definition) is 4. The van der Waals surface area contributed by atoms with Crippen LogP contribution in [0.5, 0.6) is 0 Å². The van der Waals surface area contributed by atoms with E-state index in [4.69, 9.17) is 28.8 Å². The molecular formula is C24H41ClN8O2W2-2. The third kappa shape index (κ3) is 15.6. The van der Waals surface area contributed by atoms with Gasteiger partial charge in [-0.05, 0) is 50.4 Å². The maximum Gasteiger partial charge on any atom is 0.310 e. The van der Waals surface area contributed by atoms with Crippen molar-refractivity contribution in [2.45, 2.75) is 27.7 Å². The number of nitro groups is 1. The summed E-state index contributed by atoms with van der Waals surface area (Å²) in [7, 11) is 0. The van der Waals surface area contributed by atoms with Crippen LogP contribution in [-0.4, -0.2) is 57.3 Å². The SMILES string of the molecule is C1CNCC[N-]1.CC.CC.Nc1cccc(Cl)c1[N+](=O)[O-].Nc1cccc(N2CC[N-]CC2)c1N.[W].[W]. The maximum atomic E-state index is 10.3. The van der Waals surface area contributed by atoms with Gasteiger partial charge >= 0.3 is 5.69 Å². The summed E-state index contributed by atoms with van der Waals surface area (Å²) in [4.78, 5) is 11.9. The van der Waals surface area contributed by atoms with Crippen LogP contribution in [0.4, 0.5) is 28.4 Å². The van der Waals surface area contributed by atoms with E-state index >= 15 is 0 Å². The van der Waals surface area contributed by atoms with Gasteiger partial charge < -0.3 is 38.1 Å². The summed E-state index contributed by atoms with van der Waals surface area (Å²) in [5.41, 5.74) is 19.2. The molecule has 0 spiro atoms. The van der Waals surface area contributed by atoms with Crippen molar-refractivity contribution < 1.29 is 47.1 Å². The van der Waals surface area contributed by atoms with Gasteiger partial charge in [0, 0.05) is 42.1 Å². The number of benzene rings is 2. The first-order valence-electron chi connectivity index (χ1n) is 12.0. The van der Waals surface area contributed by atoms with E-state index in [0.717, 1.165) is 58.0 Å². The minimum absolute atomic E-state index is 0. The Morgan fingerprint density at radius 1 is 0.865 bits per heavy atom. The van der Waals surface area contributed by atoms with Gasteiger partial charge in [-0.25, -0.2) is 0 Å². The summed E-state index contributed by atoms with van der Waals surface area (Å²) in [6.45, 7) is 15.8. The van der Waals surface area contributed by atoms with Gasteiger partial charge in [0.05, 0.1) is 22.0 Å². The molecule has 10 nitrogen and oxygen atoms in total. The Hall–Kier alpha value is -1.41. The minimum atomic E-state index is -0.600. The third-order valence-corrected chi connectivity index (χ3v) is 4.91. The Balaban J connectivity index is -0.000000451. The fourth-order valence-corrected chi connectivity index (χ4v) is 3.22. The molecule has 2 fully saturated rings. The molecule has 0 amide bonds. The summed E-state index contributed by atoms with van der Waals surface area (Å²) in [5.74, 6) is 0. The zero-order chi connectivity index (χ0) is 26.6. The number of nitrogens with one attached hydrogen (secondary N) is 1. The molecule has 2 saturated heterocycles. The number of nitrogen functional groups attached to an aromatic ring is 3. The Morgan fingerprint density at radius 2 is 1.35 bits per heavy atom. The van der Waals surface area contributed by atoms with Crippen LogP contribution in [0.15, 0.2) is 36.4 Å². The number of nitro benzene ring substituents is 1. The van der Waals surface area contributed by atoms with Crippen LogP contribution in [0.25, 0.3) is 10.6 Å². The molecule has 210 valence electrons. The molecule has 37 heavy (non-hydrogen) atoms. The van der Waals surface area contributed by atoms with E-state index < -0.39 is 4.92 Å². The van der Waals surface area contributed by atoms with Crippen molar-refractivity contribution in [3.8, 4) is 0 Å². The average molecular weight is 877 g/mol. The van der Waals surface area contributed by atoms with Crippen molar-refractivity contribution in [2.75, 3.05) is 74.5 Å². The van der Waals surface area contributed by atoms with Gasteiger partial charge in [0.2, 0.25) is 0 Å². The van der Waals surface area contributed by atoms with Gasteiger partial charge in [-0.3, -0.25) is 10.1 Å². The predicted molar refractivity (Wildman–Crippen MR) is 152 cm³/mol. The Labute approximate surface area is 255 Å². The molecule has 2 heterocycles. The molecule has 4 rings (SSSR count). The van der Waals surface area contributed by atoms with Crippen molar-refractivity contribution in [2.24, 2.45) is 0 Å². The van der Waals surface area contributed by atoms with E-state index in [2.05, 4.69) is 20.9 Å². The van der Waals surface area contributed by atoms with Gasteiger partial charge in [-0.1, -0.05) is 51.4 Å². The Kier molecular flexibility index (Phi) is 27.0. The monoisotopic (exact) mass is 876 g/mol. The van der Waals surface area contributed by atoms with E-state index in [-0.39, 0.29) is 58.5 Å². The summed E-state index contributed by atoms with van der Waals surface area (Å²) in [6, 6.07) is 10.2. The van der Waals surface area contributed by atoms with Gasteiger partial charge in [0.1, 0.15) is 10.7 Å². The molecule has 0 saturated carbocycles. The van der Waals surface area contributed by atoms with Crippen molar-refractivity contribution in [1.29, 1.82) is 0 Å². The molecule has 13 heteroatoms. The van der Waals surface area contributed by atoms with E-state index in [0.29, 0.717) is 11.4 Å². The van der Waals surface area contributed by atoms with Crippen LogP contribution in [0.1, 0.15) is 27.7 Å². The molecule has 0 atom stereocenters. The van der Waals surface area contributed by atoms with E-state index in [9.17, 15) is 10.1 Å². The van der Waals surface area contributed by atoms with Crippen molar-refractivity contribution in [1.82, 2.24) is 5.32 Å². The first kappa shape index (κ1) is 40.1. The molecule has 7 N–H and O–H groups in total. The molecule has 2 aromatic carbocycles. The molecule has 0 aromatic heterocycles. The number of nitrogens with two attached hydrogens (primary N) is 3. The molecule has 2 aromatic rings. The first-order chi connectivity index (χ1) is 16.9. The quantitative estimate of drug-likeness (QED) is 0.190. The molecular weight excluding hydrogens is 835 g/mol. The number of piperazine rings is 2. The Bertz CT molecular complexity index is 824. The molecule has 0 bridgehead atoms. The van der Waals surface area contributed by atoms with E-state index in [1.165, 1.54) is 12.1 Å². The molecule has 0 unspecified atom stereocenters. The second kappa shape index (κ2) is 24.9. The summed E-state index contributed by atoms with van der Waals surface area (Å²) >= 11 is 5.50. The Morgan fingerprint density at radius 3 is 1.76 bits per heavy atom. The van der Waals surface area contributed by atoms with Gasteiger partial charge in [0.25, 0.3) is 0 Å². The van der Waals surface area contributed by atoms with Crippen molar-refractivity contribution in [3.05, 3.63) is 62.2 Å². The number of para-hydroxylation sites is 2. The van der Waals surface area contributed by atoms with Crippen LogP contribution in [0.3, 0.4) is 0 Å². The molecule has 0 radical (unpaired) electrons. The van der Waals surface area contributed by atoms with Gasteiger partial charge in [-0.15, -0.1) is 26.2 Å². The maximum absolute atomic E-state index is 10.3. The van der Waals surface area contributed by atoms with Crippen LogP contribution >= 0.6 is 11.6 Å². The fourth-order valence-electron chi connectivity index (χ4n) is 2.97. The van der Waals surface area contributed by atoms with Crippen LogP contribution < -0.4 is 27.4 Å². The van der Waals surface area contributed by atoms with Crippen molar-refractivity contribution >= 4 is 40.0 Å². The van der Waals surface area contributed by atoms with Crippen LogP contribution in [0.2, 0.25) is 5.02 Å². The third-order valence-electron chi connectivity index (χ3n) is 4.61. The topological polar surface area (TPSA) is 165 Å². The number of halogens is 1. The van der Waals surface area contributed by atoms with Crippen LogP contribution in [-0.2, 0) is 42.1 Å². The fraction of sp³-hybridized carbons (Fsp3) is 0.500. The number of rotatable bonds is 2. The van der Waals surface area contributed by atoms with Gasteiger partial charge in [0.15, 0.2) is 0 Å². The van der Waals surface area contributed by atoms with Gasteiger partial charge in [-0.2, -0.15) is 0 Å². The average Bonchev–Trinajstić information content (AvgIpc) is 2.90. The van der Waals surface area contributed by atoms with Crippen LogP contribution in [0, 0.1) is 10.1 Å². The molecule has 0 aliphatic carbocycles. The summed E-state index contributed by atoms with van der Waals surface area (Å²) < 4.78 is 0. The smallest absolute Gasteiger partial charge is 0.310 e. The second-order valence-electron chi connectivity index (χ2n) is 6.79. The van der Waals surface area contributed by atoms with E-state index in [1.54, 1.807) is 6.07 Å². The number of anilines is 4. The molecule has 2 aliphatic heterocycles. The first-order valence-corrected chi connectivity index (χ1v) is 12.3. The minimum Gasteiger partial charge on any atom is -0.660 e. The zero-order valence-electron chi connectivity index (χ0n) is 22.2. The largest absolute Gasteiger partial charge is 0.660 e. The molecule has 2 aliphatic rings. The standard InChI is InChI=1S/C10H15N4.C6H5ClN2O2.C4H9N2.2C2H6.2W/c11-8-2-1-3-9(10(8)12)14-6-4-13-5-7-14;7-4-2-1-3-5(8)6(4)9(10)11;1-2-6-4-3-5-1;2*1-2;;/h1-3H,4-7,11-12H2;1-3H,8H2;5H,1-4H2;2*1-2H3;;/q-1;;-1;;;;. The summed E-state index contributed by atoms with van der Waals surface area (Å²) in [6.07, 6.45) is 0. The van der Waals surface area contributed by atoms with E-state index in [1.807, 2.05) is 45.9 Å². The second-order valence-corrected chi connectivity index (χ2v) is 7.20. The zero-order valence-corrected chi connectivity index (χ0v) is 28.8. The number of hydrogen-bond acceptors (Lipinski definition) is 7. The predicted octanol–water partition coefficient (Wildman–Crippen LogP) is 4.89. The number of nitrogens with zero attached hydrogens (tertiary/aromatic N) is 4.